The summed E-state index contributed by atoms with van der Waals surface area (Å²) in [6.45, 7) is 0.0199. The standard InChI is InChI=1S/C38H36N6O8S/c45-21-25-8-10-27(11-9-25)33-18-31(23-53-37-40-41-42-44(37)29-14-16-30(46)17-15-29)51-36(52-33)28-12-6-24(7-13-28)20-43-34(47)19-32(35(43)48)39-38(49)50-22-26-4-2-1-3-5-26/h1-17,31-33,36,45-46H,18-23H2,(H,39,49). The Bertz CT molecular complexity index is 2030. The number of amides is 3. The molecule has 3 amide bonds. The summed E-state index contributed by atoms with van der Waals surface area (Å²) in [5.74, 6) is -0.239. The first kappa shape index (κ1) is 35.8. The van der Waals surface area contributed by atoms with E-state index in [1.165, 1.54) is 11.8 Å². The molecule has 272 valence electrons. The average Bonchev–Trinajstić information content (AvgIpc) is 3.77. The Morgan fingerprint density at radius 2 is 1.60 bits per heavy atom. The van der Waals surface area contributed by atoms with Gasteiger partial charge in [0.15, 0.2) is 6.29 Å². The zero-order valence-corrected chi connectivity index (χ0v) is 29.2. The summed E-state index contributed by atoms with van der Waals surface area (Å²) in [5.41, 5.74) is 4.69. The number of aliphatic hydroxyl groups excluding tert-OH is 1. The van der Waals surface area contributed by atoms with Gasteiger partial charge in [0.25, 0.3) is 5.91 Å². The number of imide groups is 1. The van der Waals surface area contributed by atoms with Crippen LogP contribution in [0, 0.1) is 0 Å². The van der Waals surface area contributed by atoms with Crippen LogP contribution < -0.4 is 5.32 Å². The van der Waals surface area contributed by atoms with Crippen molar-refractivity contribution in [2.75, 3.05) is 5.75 Å². The van der Waals surface area contributed by atoms with Crippen LogP contribution in [0.4, 0.5) is 4.79 Å². The highest BCUT2D eigenvalue weighted by Crippen LogP contribution is 2.39. The molecule has 7 rings (SSSR count). The van der Waals surface area contributed by atoms with E-state index in [9.17, 15) is 24.6 Å². The average molecular weight is 737 g/mol. The molecule has 4 aromatic carbocycles. The number of tetrazole rings is 1. The number of hydrogen-bond acceptors (Lipinski definition) is 12. The number of thioether (sulfide) groups is 1. The van der Waals surface area contributed by atoms with Crippen molar-refractivity contribution < 1.29 is 38.8 Å². The van der Waals surface area contributed by atoms with Crippen LogP contribution >= 0.6 is 11.8 Å². The lowest BCUT2D eigenvalue weighted by Gasteiger charge is -2.36. The number of aromatic nitrogens is 4. The molecule has 5 aromatic rings. The molecule has 2 saturated heterocycles. The van der Waals surface area contributed by atoms with Crippen LogP contribution in [0.2, 0.25) is 0 Å². The fourth-order valence-corrected chi connectivity index (χ4v) is 6.95. The van der Waals surface area contributed by atoms with Gasteiger partial charge < -0.3 is 29.7 Å². The lowest BCUT2D eigenvalue weighted by atomic mass is 10.0. The van der Waals surface area contributed by atoms with Crippen molar-refractivity contribution >= 4 is 29.7 Å². The van der Waals surface area contributed by atoms with Crippen LogP contribution in [-0.2, 0) is 43.6 Å². The minimum atomic E-state index is -1.00. The molecular weight excluding hydrogens is 701 g/mol. The SMILES string of the molecule is O=C(NC1CC(=O)N(Cc2ccc(C3OC(CSc4nnnn4-c4ccc(O)cc4)CC(c4ccc(CO)cc4)O3)cc2)C1=O)OCc1ccccc1. The van der Waals surface area contributed by atoms with Crippen LogP contribution in [0.15, 0.2) is 108 Å². The van der Waals surface area contributed by atoms with E-state index in [0.717, 1.165) is 27.2 Å². The van der Waals surface area contributed by atoms with Crippen molar-refractivity contribution in [2.24, 2.45) is 0 Å². The zero-order chi connectivity index (χ0) is 36.7. The summed E-state index contributed by atoms with van der Waals surface area (Å²) in [5, 5.41) is 34.4. The highest BCUT2D eigenvalue weighted by atomic mass is 32.2. The first-order valence-electron chi connectivity index (χ1n) is 16.9. The van der Waals surface area contributed by atoms with Crippen molar-refractivity contribution in [1.82, 2.24) is 30.4 Å². The molecule has 0 radical (unpaired) electrons. The predicted molar refractivity (Wildman–Crippen MR) is 190 cm³/mol. The minimum absolute atomic E-state index is 0.0381. The van der Waals surface area contributed by atoms with Gasteiger partial charge in [-0.2, -0.15) is 4.68 Å². The number of ether oxygens (including phenoxy) is 3. The number of aliphatic hydroxyl groups is 1. The Kier molecular flexibility index (Phi) is 11.1. The third kappa shape index (κ3) is 8.72. The van der Waals surface area contributed by atoms with E-state index in [2.05, 4.69) is 20.8 Å². The molecule has 3 heterocycles. The fourth-order valence-electron chi connectivity index (χ4n) is 6.05. The van der Waals surface area contributed by atoms with Crippen molar-refractivity contribution in [3.05, 3.63) is 131 Å². The summed E-state index contributed by atoms with van der Waals surface area (Å²) < 4.78 is 19.8. The molecule has 0 bridgehead atoms. The molecule has 2 aliphatic rings. The van der Waals surface area contributed by atoms with Gasteiger partial charge in [0.05, 0.1) is 37.5 Å². The van der Waals surface area contributed by atoms with Gasteiger partial charge in [-0.3, -0.25) is 14.5 Å². The lowest BCUT2D eigenvalue weighted by molar-refractivity contribution is -0.245. The maximum atomic E-state index is 13.1. The number of alkyl carbamates (subject to hydrolysis) is 1. The van der Waals surface area contributed by atoms with Crippen LogP contribution in [-0.4, -0.2) is 71.1 Å². The van der Waals surface area contributed by atoms with Gasteiger partial charge in [0, 0.05) is 17.7 Å². The molecule has 14 nitrogen and oxygen atoms in total. The Labute approximate surface area is 308 Å². The maximum Gasteiger partial charge on any atom is 0.408 e. The highest BCUT2D eigenvalue weighted by molar-refractivity contribution is 7.99. The molecule has 1 aromatic heterocycles. The van der Waals surface area contributed by atoms with E-state index in [1.54, 1.807) is 28.9 Å². The third-order valence-electron chi connectivity index (χ3n) is 8.89. The number of nitrogens with one attached hydrogen (secondary N) is 1. The van der Waals surface area contributed by atoms with Gasteiger partial charge in [0.2, 0.25) is 11.1 Å². The van der Waals surface area contributed by atoms with Crippen molar-refractivity contribution in [1.29, 1.82) is 0 Å². The Hall–Kier alpha value is -5.61. The number of phenols is 1. The Morgan fingerprint density at radius 3 is 2.34 bits per heavy atom. The molecule has 3 N–H and O–H groups in total. The summed E-state index contributed by atoms with van der Waals surface area (Å²) >= 11 is 1.43. The molecule has 53 heavy (non-hydrogen) atoms. The zero-order valence-electron chi connectivity index (χ0n) is 28.4. The van der Waals surface area contributed by atoms with Crippen LogP contribution in [0.25, 0.3) is 5.69 Å². The smallest absolute Gasteiger partial charge is 0.408 e. The van der Waals surface area contributed by atoms with Crippen LogP contribution in [0.5, 0.6) is 5.75 Å². The normalized spacial score (nSPS) is 20.1. The number of nitrogens with zero attached hydrogens (tertiary/aromatic N) is 5. The topological polar surface area (TPSA) is 178 Å². The predicted octanol–water partition coefficient (Wildman–Crippen LogP) is 4.75. The van der Waals surface area contributed by atoms with Crippen molar-refractivity contribution in [2.45, 2.75) is 62.3 Å². The van der Waals surface area contributed by atoms with Crippen molar-refractivity contribution in [3.8, 4) is 11.4 Å². The van der Waals surface area contributed by atoms with Gasteiger partial charge in [-0.05, 0) is 56.9 Å². The second-order valence-corrected chi connectivity index (χ2v) is 13.6. The molecule has 2 fully saturated rings. The quantitative estimate of drug-likeness (QED) is 0.118. The molecule has 2 aliphatic heterocycles. The monoisotopic (exact) mass is 736 g/mol. The molecule has 0 spiro atoms. The van der Waals surface area contributed by atoms with Gasteiger partial charge in [-0.15, -0.1) is 5.10 Å². The number of carbonyl (C=O) groups excluding carboxylic acids is 3. The van der Waals surface area contributed by atoms with E-state index >= 15 is 0 Å². The van der Waals surface area contributed by atoms with E-state index in [-0.39, 0.29) is 44.1 Å². The second kappa shape index (κ2) is 16.4. The van der Waals surface area contributed by atoms with E-state index in [1.807, 2.05) is 78.9 Å². The van der Waals surface area contributed by atoms with E-state index < -0.39 is 30.2 Å². The van der Waals surface area contributed by atoms with Gasteiger partial charge in [0.1, 0.15) is 18.4 Å². The minimum Gasteiger partial charge on any atom is -0.508 e. The van der Waals surface area contributed by atoms with E-state index in [0.29, 0.717) is 28.6 Å². The van der Waals surface area contributed by atoms with Gasteiger partial charge in [-0.25, -0.2) is 4.79 Å². The number of carbonyl (C=O) groups is 3. The lowest BCUT2D eigenvalue weighted by Crippen LogP contribution is -2.41. The first-order valence-corrected chi connectivity index (χ1v) is 17.9. The molecule has 0 saturated carbocycles. The number of rotatable bonds is 12. The summed E-state index contributed by atoms with van der Waals surface area (Å²) in [6, 6.07) is 29.6. The number of likely N-dealkylation sites (tertiary alicyclic amines) is 1. The molecular formula is C38H36N6O8S. The largest absolute Gasteiger partial charge is 0.508 e. The number of aromatic hydroxyl groups is 1. The molecule has 0 aliphatic carbocycles. The Morgan fingerprint density at radius 1 is 0.887 bits per heavy atom. The number of benzene rings is 4. The van der Waals surface area contributed by atoms with E-state index in [4.69, 9.17) is 14.2 Å². The molecule has 4 atom stereocenters. The highest BCUT2D eigenvalue weighted by Gasteiger charge is 2.40. The van der Waals surface area contributed by atoms with Crippen molar-refractivity contribution in [3.63, 3.8) is 0 Å². The van der Waals surface area contributed by atoms with Gasteiger partial charge in [-0.1, -0.05) is 90.6 Å². The summed E-state index contributed by atoms with van der Waals surface area (Å²) in [7, 11) is 0. The summed E-state index contributed by atoms with van der Waals surface area (Å²) in [6.07, 6.45) is -1.69. The Balaban J connectivity index is 1.00. The number of hydrogen-bond donors (Lipinski definition) is 3. The third-order valence-corrected chi connectivity index (χ3v) is 9.94. The first-order chi connectivity index (χ1) is 25.8. The maximum absolute atomic E-state index is 13.1. The summed E-state index contributed by atoms with van der Waals surface area (Å²) in [4.78, 5) is 39.4. The fraction of sp³-hybridized carbons (Fsp3) is 0.263. The van der Waals surface area contributed by atoms with Crippen LogP contribution in [0.3, 0.4) is 0 Å². The number of phenolic OH excluding ortho intramolecular Hbond substituents is 1. The second-order valence-electron chi connectivity index (χ2n) is 12.6. The molecule has 15 heteroatoms. The molecule has 4 unspecified atom stereocenters. The van der Waals surface area contributed by atoms with Crippen LogP contribution in [0.1, 0.15) is 53.1 Å². The van der Waals surface area contributed by atoms with Gasteiger partial charge >= 0.3 is 6.09 Å².